The molecular formula is C20H30N2O4. The third-order valence-electron chi connectivity index (χ3n) is 4.57. The predicted molar refractivity (Wildman–Crippen MR) is 101 cm³/mol. The van der Waals surface area contributed by atoms with E-state index < -0.39 is 0 Å². The van der Waals surface area contributed by atoms with Gasteiger partial charge in [0.2, 0.25) is 5.91 Å². The van der Waals surface area contributed by atoms with Crippen molar-refractivity contribution in [2.24, 2.45) is 0 Å². The van der Waals surface area contributed by atoms with Gasteiger partial charge in [-0.3, -0.25) is 9.59 Å². The van der Waals surface area contributed by atoms with Crippen molar-refractivity contribution in [2.75, 3.05) is 39.9 Å². The van der Waals surface area contributed by atoms with Gasteiger partial charge in [0.05, 0.1) is 13.7 Å². The molecule has 0 unspecified atom stereocenters. The summed E-state index contributed by atoms with van der Waals surface area (Å²) in [5.74, 6) is 1.16. The molecule has 1 aromatic carbocycles. The molecule has 1 aromatic rings. The Labute approximate surface area is 155 Å². The molecular weight excluding hydrogens is 332 g/mol. The number of ether oxygens (including phenoxy) is 2. The monoisotopic (exact) mass is 362 g/mol. The zero-order chi connectivity index (χ0) is 18.8. The van der Waals surface area contributed by atoms with E-state index in [-0.39, 0.29) is 11.7 Å². The average molecular weight is 362 g/mol. The number of benzene rings is 1. The van der Waals surface area contributed by atoms with E-state index in [1.165, 1.54) is 26.2 Å². The van der Waals surface area contributed by atoms with E-state index in [4.69, 9.17) is 9.47 Å². The van der Waals surface area contributed by atoms with Crippen LogP contribution in [-0.2, 0) is 4.79 Å². The molecule has 1 fully saturated rings. The lowest BCUT2D eigenvalue weighted by Gasteiger charge is -2.26. The maximum Gasteiger partial charge on any atom is 0.220 e. The first-order chi connectivity index (χ1) is 12.6. The minimum atomic E-state index is -0.0175. The van der Waals surface area contributed by atoms with Crippen molar-refractivity contribution >= 4 is 11.7 Å². The van der Waals surface area contributed by atoms with Gasteiger partial charge in [-0.05, 0) is 57.5 Å². The molecule has 0 saturated carbocycles. The van der Waals surface area contributed by atoms with Gasteiger partial charge in [-0.1, -0.05) is 6.42 Å². The lowest BCUT2D eigenvalue weighted by atomic mass is 10.1. The van der Waals surface area contributed by atoms with E-state index in [0.717, 1.165) is 19.6 Å². The number of rotatable bonds is 10. The Morgan fingerprint density at radius 1 is 1.15 bits per heavy atom. The Hall–Kier alpha value is -2.08. The molecule has 144 valence electrons. The summed E-state index contributed by atoms with van der Waals surface area (Å²) >= 11 is 0. The number of carbonyl (C=O) groups excluding carboxylic acids is 2. The normalized spacial score (nSPS) is 14.7. The van der Waals surface area contributed by atoms with Crippen molar-refractivity contribution in [1.29, 1.82) is 0 Å². The molecule has 0 atom stereocenters. The lowest BCUT2D eigenvalue weighted by Crippen LogP contribution is -2.37. The van der Waals surface area contributed by atoms with Crippen LogP contribution >= 0.6 is 0 Å². The number of amides is 1. The largest absolute Gasteiger partial charge is 0.493 e. The van der Waals surface area contributed by atoms with Gasteiger partial charge < -0.3 is 19.7 Å². The molecule has 1 aliphatic heterocycles. The first kappa shape index (κ1) is 20.2. The molecule has 6 heteroatoms. The number of likely N-dealkylation sites (tertiary alicyclic amines) is 1. The van der Waals surface area contributed by atoms with E-state index >= 15 is 0 Å². The average Bonchev–Trinajstić information content (AvgIpc) is 2.66. The quantitative estimate of drug-likeness (QED) is 0.512. The highest BCUT2D eigenvalue weighted by molar-refractivity contribution is 5.94. The third-order valence-corrected chi connectivity index (χ3v) is 4.57. The number of nitrogens with zero attached hydrogens (tertiary/aromatic N) is 1. The van der Waals surface area contributed by atoms with Crippen LogP contribution in [0.25, 0.3) is 0 Å². The molecule has 1 heterocycles. The van der Waals surface area contributed by atoms with E-state index in [9.17, 15) is 9.59 Å². The second-order valence-electron chi connectivity index (χ2n) is 6.63. The number of hydrogen-bond acceptors (Lipinski definition) is 5. The van der Waals surface area contributed by atoms with Crippen LogP contribution in [0.15, 0.2) is 18.2 Å². The summed E-state index contributed by atoms with van der Waals surface area (Å²) in [4.78, 5) is 25.7. The van der Waals surface area contributed by atoms with E-state index in [1.54, 1.807) is 25.3 Å². The zero-order valence-corrected chi connectivity index (χ0v) is 15.9. The number of methoxy groups -OCH3 is 1. The van der Waals surface area contributed by atoms with Gasteiger partial charge in [0.25, 0.3) is 0 Å². The Morgan fingerprint density at radius 3 is 2.62 bits per heavy atom. The Morgan fingerprint density at radius 2 is 1.92 bits per heavy atom. The summed E-state index contributed by atoms with van der Waals surface area (Å²) in [7, 11) is 1.54. The van der Waals surface area contributed by atoms with E-state index in [0.29, 0.717) is 43.1 Å². The highest BCUT2D eigenvalue weighted by Gasteiger charge is 2.11. The van der Waals surface area contributed by atoms with Crippen molar-refractivity contribution in [1.82, 2.24) is 10.2 Å². The van der Waals surface area contributed by atoms with Gasteiger partial charge in [0.15, 0.2) is 17.3 Å². The predicted octanol–water partition coefficient (Wildman–Crippen LogP) is 2.66. The number of hydrogen-bond donors (Lipinski definition) is 1. The summed E-state index contributed by atoms with van der Waals surface area (Å²) < 4.78 is 11.0. The number of carbonyl (C=O) groups is 2. The molecule has 0 aliphatic carbocycles. The lowest BCUT2D eigenvalue weighted by molar-refractivity contribution is -0.121. The Bertz CT molecular complexity index is 597. The summed E-state index contributed by atoms with van der Waals surface area (Å²) in [6, 6.07) is 5.12. The number of nitrogens with one attached hydrogen (secondary N) is 1. The number of Topliss-reactive ketones (excluding diaryl/α,β-unsaturated/α-hetero) is 1. The fourth-order valence-corrected chi connectivity index (χ4v) is 3.05. The maximum absolute atomic E-state index is 11.9. The van der Waals surface area contributed by atoms with Crippen molar-refractivity contribution in [2.45, 2.75) is 39.0 Å². The standard InChI is InChI=1S/C20H30N2O4/c1-16(23)17-8-9-18(19(15-17)25-2)26-14-6-7-20(24)21-10-13-22-11-4-3-5-12-22/h8-9,15H,3-7,10-14H2,1-2H3,(H,21,24). The molecule has 1 saturated heterocycles. The first-order valence-electron chi connectivity index (χ1n) is 9.41. The second kappa shape index (κ2) is 10.8. The minimum Gasteiger partial charge on any atom is -0.493 e. The molecule has 26 heavy (non-hydrogen) atoms. The maximum atomic E-state index is 11.9. The van der Waals surface area contributed by atoms with Gasteiger partial charge in [-0.25, -0.2) is 0 Å². The van der Waals surface area contributed by atoms with Gasteiger partial charge >= 0.3 is 0 Å². The fraction of sp³-hybridized carbons (Fsp3) is 0.600. The van der Waals surface area contributed by atoms with Crippen LogP contribution in [0.5, 0.6) is 11.5 Å². The van der Waals surface area contributed by atoms with E-state index in [2.05, 4.69) is 10.2 Å². The van der Waals surface area contributed by atoms with Crippen molar-refractivity contribution in [3.8, 4) is 11.5 Å². The Kier molecular flexibility index (Phi) is 8.41. The van der Waals surface area contributed by atoms with Crippen LogP contribution < -0.4 is 14.8 Å². The number of piperidine rings is 1. The van der Waals surface area contributed by atoms with Gasteiger partial charge in [-0.15, -0.1) is 0 Å². The summed E-state index contributed by atoms with van der Waals surface area (Å²) in [6.45, 7) is 5.87. The van der Waals surface area contributed by atoms with Crippen LogP contribution in [0.1, 0.15) is 49.4 Å². The topological polar surface area (TPSA) is 67.9 Å². The van der Waals surface area contributed by atoms with E-state index in [1.807, 2.05) is 0 Å². The third kappa shape index (κ3) is 6.67. The van der Waals surface area contributed by atoms with Crippen LogP contribution in [0.3, 0.4) is 0 Å². The van der Waals surface area contributed by atoms with Gasteiger partial charge in [0.1, 0.15) is 0 Å². The summed E-state index contributed by atoms with van der Waals surface area (Å²) in [5.41, 5.74) is 0.585. The summed E-state index contributed by atoms with van der Waals surface area (Å²) in [5, 5.41) is 2.97. The van der Waals surface area contributed by atoms with Crippen molar-refractivity contribution < 1.29 is 19.1 Å². The number of ketones is 1. The second-order valence-corrected chi connectivity index (χ2v) is 6.63. The van der Waals surface area contributed by atoms with Crippen LogP contribution in [-0.4, -0.2) is 56.5 Å². The smallest absolute Gasteiger partial charge is 0.220 e. The molecule has 0 bridgehead atoms. The van der Waals surface area contributed by atoms with Gasteiger partial charge in [0, 0.05) is 25.1 Å². The van der Waals surface area contributed by atoms with Crippen LogP contribution in [0, 0.1) is 0 Å². The molecule has 1 N–H and O–H groups in total. The highest BCUT2D eigenvalue weighted by Crippen LogP contribution is 2.28. The molecule has 1 amide bonds. The minimum absolute atomic E-state index is 0.0175. The molecule has 0 aromatic heterocycles. The van der Waals surface area contributed by atoms with Crippen LogP contribution in [0.4, 0.5) is 0 Å². The first-order valence-corrected chi connectivity index (χ1v) is 9.41. The SMILES string of the molecule is COc1cc(C(C)=O)ccc1OCCCC(=O)NCCN1CCCCC1. The van der Waals surface area contributed by atoms with Crippen molar-refractivity contribution in [3.05, 3.63) is 23.8 Å². The molecule has 0 spiro atoms. The highest BCUT2D eigenvalue weighted by atomic mass is 16.5. The Balaban J connectivity index is 1.63. The van der Waals surface area contributed by atoms with Crippen molar-refractivity contribution in [3.63, 3.8) is 0 Å². The summed E-state index contributed by atoms with van der Waals surface area (Å²) in [6.07, 6.45) is 4.93. The fourth-order valence-electron chi connectivity index (χ4n) is 3.05. The molecule has 6 nitrogen and oxygen atoms in total. The molecule has 2 rings (SSSR count). The zero-order valence-electron chi connectivity index (χ0n) is 15.9. The molecule has 1 aliphatic rings. The molecule has 0 radical (unpaired) electrons. The van der Waals surface area contributed by atoms with Gasteiger partial charge in [-0.2, -0.15) is 0 Å². The van der Waals surface area contributed by atoms with Crippen LogP contribution in [0.2, 0.25) is 0 Å².